The maximum atomic E-state index is 13.1. The fraction of sp³-hybridized carbons (Fsp3) is 0.308. The number of benzene rings is 2. The van der Waals surface area contributed by atoms with Gasteiger partial charge in [0.2, 0.25) is 5.91 Å². The Labute approximate surface area is 202 Å². The van der Waals surface area contributed by atoms with Crippen LogP contribution in [0.25, 0.3) is 0 Å². The first-order valence-corrected chi connectivity index (χ1v) is 11.7. The molecule has 0 bridgehead atoms. The zero-order valence-corrected chi connectivity index (χ0v) is 19.1. The Hall–Kier alpha value is -3.85. The van der Waals surface area contributed by atoms with E-state index in [1.165, 1.54) is 24.3 Å². The van der Waals surface area contributed by atoms with Crippen molar-refractivity contribution in [3.63, 3.8) is 0 Å². The van der Waals surface area contributed by atoms with Gasteiger partial charge in [0, 0.05) is 50.8 Å². The number of halogens is 1. The van der Waals surface area contributed by atoms with Crippen LogP contribution in [0.3, 0.4) is 0 Å². The second-order valence-electron chi connectivity index (χ2n) is 8.72. The van der Waals surface area contributed by atoms with Crippen molar-refractivity contribution in [1.29, 1.82) is 0 Å². The molecule has 2 aliphatic heterocycles. The molecule has 3 heterocycles. The summed E-state index contributed by atoms with van der Waals surface area (Å²) in [5, 5.41) is 11.2. The van der Waals surface area contributed by atoms with Gasteiger partial charge in [-0.05, 0) is 60.7 Å². The summed E-state index contributed by atoms with van der Waals surface area (Å²) in [6, 6.07) is 16.5. The van der Waals surface area contributed by atoms with Gasteiger partial charge in [0.1, 0.15) is 17.7 Å². The average Bonchev–Trinajstić information content (AvgIpc) is 2.85. The number of carbonyl (C=O) groups is 2. The minimum absolute atomic E-state index is 0.0168. The van der Waals surface area contributed by atoms with Gasteiger partial charge in [-0.15, -0.1) is 5.10 Å². The van der Waals surface area contributed by atoms with E-state index in [2.05, 4.69) is 15.5 Å². The quantitative estimate of drug-likeness (QED) is 0.589. The number of likely N-dealkylation sites (tertiary alicyclic amines) is 1. The van der Waals surface area contributed by atoms with Crippen LogP contribution in [0.4, 0.5) is 15.9 Å². The van der Waals surface area contributed by atoms with Crippen molar-refractivity contribution < 1.29 is 18.7 Å². The highest BCUT2D eigenvalue weighted by molar-refractivity contribution is 6.01. The summed E-state index contributed by atoms with van der Waals surface area (Å²) >= 11 is 0. The molecule has 1 N–H and O–H groups in total. The number of nitrogens with zero attached hydrogens (tertiary/aromatic N) is 4. The van der Waals surface area contributed by atoms with E-state index in [-0.39, 0.29) is 29.7 Å². The zero-order chi connectivity index (χ0) is 24.2. The highest BCUT2D eigenvalue weighted by Crippen LogP contribution is 2.29. The van der Waals surface area contributed by atoms with Gasteiger partial charge in [0.25, 0.3) is 5.91 Å². The topological polar surface area (TPSA) is 87.7 Å². The van der Waals surface area contributed by atoms with Crippen molar-refractivity contribution in [2.24, 2.45) is 5.92 Å². The number of carbonyl (C=O) groups excluding carboxylic acids is 2. The second-order valence-corrected chi connectivity index (χ2v) is 8.72. The Morgan fingerprint density at radius 2 is 1.71 bits per heavy atom. The smallest absolute Gasteiger partial charge is 0.253 e. The summed E-state index contributed by atoms with van der Waals surface area (Å²) in [7, 11) is 0. The molecule has 2 fully saturated rings. The number of anilines is 2. The largest absolute Gasteiger partial charge is 0.490 e. The van der Waals surface area contributed by atoms with Gasteiger partial charge in [0.15, 0.2) is 5.82 Å². The van der Waals surface area contributed by atoms with Crippen LogP contribution in [0.1, 0.15) is 23.2 Å². The first kappa shape index (κ1) is 22.9. The van der Waals surface area contributed by atoms with Crippen LogP contribution >= 0.6 is 0 Å². The van der Waals surface area contributed by atoms with E-state index >= 15 is 0 Å². The summed E-state index contributed by atoms with van der Waals surface area (Å²) in [6.45, 7) is 2.45. The molecule has 5 rings (SSSR count). The second kappa shape index (κ2) is 10.2. The van der Waals surface area contributed by atoms with Crippen LogP contribution in [0.2, 0.25) is 0 Å². The lowest BCUT2D eigenvalue weighted by molar-refractivity contribution is -0.123. The molecule has 0 saturated carbocycles. The molecule has 8 nitrogen and oxygen atoms in total. The maximum Gasteiger partial charge on any atom is 0.253 e. The average molecular weight is 476 g/mol. The molecule has 0 spiro atoms. The molecular weight excluding hydrogens is 449 g/mol. The number of nitrogens with one attached hydrogen (secondary N) is 1. The minimum Gasteiger partial charge on any atom is -0.490 e. The van der Waals surface area contributed by atoms with Crippen LogP contribution in [-0.2, 0) is 4.79 Å². The molecule has 35 heavy (non-hydrogen) atoms. The molecule has 2 amide bonds. The molecule has 0 aliphatic carbocycles. The van der Waals surface area contributed by atoms with Crippen LogP contribution in [-0.4, -0.2) is 59.2 Å². The number of ether oxygens (including phenoxy) is 1. The van der Waals surface area contributed by atoms with Crippen molar-refractivity contribution in [2.45, 2.75) is 18.9 Å². The maximum absolute atomic E-state index is 13.1. The molecule has 2 aromatic carbocycles. The van der Waals surface area contributed by atoms with Crippen molar-refractivity contribution in [2.75, 3.05) is 31.1 Å². The summed E-state index contributed by atoms with van der Waals surface area (Å²) in [6.07, 6.45) is 2.96. The lowest BCUT2D eigenvalue weighted by Crippen LogP contribution is -2.51. The van der Waals surface area contributed by atoms with Crippen molar-refractivity contribution in [3.8, 4) is 5.75 Å². The van der Waals surface area contributed by atoms with Gasteiger partial charge in [-0.1, -0.05) is 0 Å². The number of aromatic nitrogens is 2. The molecule has 180 valence electrons. The molecular formula is C26H26FN5O3. The third-order valence-electron chi connectivity index (χ3n) is 6.36. The first-order valence-electron chi connectivity index (χ1n) is 11.7. The molecule has 2 aliphatic rings. The van der Waals surface area contributed by atoms with E-state index in [0.717, 1.165) is 0 Å². The molecule has 0 atom stereocenters. The first-order chi connectivity index (χ1) is 17.1. The minimum atomic E-state index is -0.357. The Kier molecular flexibility index (Phi) is 6.67. The summed E-state index contributed by atoms with van der Waals surface area (Å²) in [5.74, 6) is 0.629. The van der Waals surface area contributed by atoms with Crippen molar-refractivity contribution >= 4 is 23.3 Å². The van der Waals surface area contributed by atoms with E-state index < -0.39 is 0 Å². The SMILES string of the molecule is O=C(c1ccc(F)cc1)N1CCC(Oc2ccc(N(C(=O)C3CNC3)c3cccnn3)cc2)CC1. The molecule has 0 radical (unpaired) electrons. The van der Waals surface area contributed by atoms with E-state index in [1.54, 1.807) is 28.1 Å². The zero-order valence-electron chi connectivity index (χ0n) is 19.1. The van der Waals surface area contributed by atoms with E-state index in [9.17, 15) is 14.0 Å². The van der Waals surface area contributed by atoms with Crippen LogP contribution in [0.15, 0.2) is 66.9 Å². The molecule has 1 aromatic heterocycles. The van der Waals surface area contributed by atoms with Crippen LogP contribution in [0.5, 0.6) is 5.75 Å². The summed E-state index contributed by atoms with van der Waals surface area (Å²) in [5.41, 5.74) is 1.19. The van der Waals surface area contributed by atoms with Crippen molar-refractivity contribution in [1.82, 2.24) is 20.4 Å². The van der Waals surface area contributed by atoms with E-state index in [0.29, 0.717) is 61.8 Å². The predicted molar refractivity (Wildman–Crippen MR) is 128 cm³/mol. The Morgan fingerprint density at radius 1 is 1.00 bits per heavy atom. The predicted octanol–water partition coefficient (Wildman–Crippen LogP) is 3.18. The van der Waals surface area contributed by atoms with Gasteiger partial charge in [-0.25, -0.2) is 4.39 Å². The van der Waals surface area contributed by atoms with Crippen LogP contribution in [0, 0.1) is 11.7 Å². The molecule has 2 saturated heterocycles. The normalized spacial score (nSPS) is 16.4. The lowest BCUT2D eigenvalue weighted by Gasteiger charge is -2.33. The lowest BCUT2D eigenvalue weighted by atomic mass is 10.0. The summed E-state index contributed by atoms with van der Waals surface area (Å²) in [4.78, 5) is 29.1. The Bertz CT molecular complexity index is 1160. The van der Waals surface area contributed by atoms with Gasteiger partial charge in [-0.2, -0.15) is 5.10 Å². The number of amides is 2. The fourth-order valence-corrected chi connectivity index (χ4v) is 4.25. The highest BCUT2D eigenvalue weighted by Gasteiger charge is 2.32. The van der Waals surface area contributed by atoms with Crippen molar-refractivity contribution in [3.05, 3.63) is 78.2 Å². The number of rotatable bonds is 6. The number of piperidine rings is 1. The third-order valence-corrected chi connectivity index (χ3v) is 6.36. The molecule has 9 heteroatoms. The fourth-order valence-electron chi connectivity index (χ4n) is 4.25. The van der Waals surface area contributed by atoms with E-state index in [1.807, 2.05) is 24.3 Å². The Balaban J connectivity index is 1.21. The third kappa shape index (κ3) is 5.14. The summed E-state index contributed by atoms with van der Waals surface area (Å²) < 4.78 is 19.3. The van der Waals surface area contributed by atoms with Gasteiger partial charge in [-0.3, -0.25) is 14.5 Å². The number of hydrogen-bond acceptors (Lipinski definition) is 6. The molecule has 0 unspecified atom stereocenters. The highest BCUT2D eigenvalue weighted by atomic mass is 19.1. The standard InChI is InChI=1S/C26H26FN5O3/c27-20-5-3-18(4-6-20)25(33)31-14-11-23(12-15-31)35-22-9-7-21(8-10-22)32(24-2-1-13-29-30-24)26(34)19-16-28-17-19/h1-10,13,19,23,28H,11-12,14-17H2. The van der Waals surface area contributed by atoms with Crippen LogP contribution < -0.4 is 15.0 Å². The monoisotopic (exact) mass is 475 g/mol. The van der Waals surface area contributed by atoms with Gasteiger partial charge < -0.3 is 15.0 Å². The number of hydrogen-bond donors (Lipinski definition) is 1. The Morgan fingerprint density at radius 3 is 2.31 bits per heavy atom. The van der Waals surface area contributed by atoms with Gasteiger partial charge in [0.05, 0.1) is 11.6 Å². The van der Waals surface area contributed by atoms with E-state index in [4.69, 9.17) is 4.74 Å². The molecule has 3 aromatic rings. The van der Waals surface area contributed by atoms with Gasteiger partial charge >= 0.3 is 0 Å².